The van der Waals surface area contributed by atoms with Gasteiger partial charge in [-0.05, 0) is 30.3 Å². The lowest BCUT2D eigenvalue weighted by molar-refractivity contribution is 0.477. The van der Waals surface area contributed by atoms with Crippen molar-refractivity contribution in [1.29, 1.82) is 0 Å². The zero-order chi connectivity index (χ0) is 17.5. The fourth-order valence-corrected chi connectivity index (χ4v) is 5.10. The Kier molecular flexibility index (Phi) is 4.84. The van der Waals surface area contributed by atoms with Crippen LogP contribution in [0.3, 0.4) is 0 Å². The molecule has 3 nitrogen and oxygen atoms in total. The van der Waals surface area contributed by atoms with Crippen LogP contribution in [-0.4, -0.2) is 28.8 Å². The normalized spacial score (nSPS) is 19.7. The van der Waals surface area contributed by atoms with E-state index in [9.17, 15) is 0 Å². The number of para-hydroxylation sites is 1. The Hall–Kier alpha value is -1.08. The molecular weight excluding hydrogens is 316 g/mol. The third kappa shape index (κ3) is 4.07. The van der Waals surface area contributed by atoms with Gasteiger partial charge in [-0.2, -0.15) is 0 Å². The van der Waals surface area contributed by atoms with Gasteiger partial charge in [0.1, 0.15) is 0 Å². The molecule has 2 rings (SSSR count). The molecule has 23 heavy (non-hydrogen) atoms. The van der Waals surface area contributed by atoms with Crippen molar-refractivity contribution < 1.29 is 4.43 Å². The third-order valence-electron chi connectivity index (χ3n) is 5.14. The molecule has 0 aliphatic carbocycles. The van der Waals surface area contributed by atoms with E-state index in [4.69, 9.17) is 9.53 Å². The van der Waals surface area contributed by atoms with Gasteiger partial charge >= 0.3 is 0 Å². The van der Waals surface area contributed by atoms with E-state index in [-0.39, 0.29) is 5.04 Å². The second-order valence-electron chi connectivity index (χ2n) is 9.14. The van der Waals surface area contributed by atoms with Crippen LogP contribution in [0.4, 0.5) is 5.69 Å². The fraction of sp³-hybridized carbons (Fsp3) is 0.611. The summed E-state index contributed by atoms with van der Waals surface area (Å²) >= 11 is 0. The van der Waals surface area contributed by atoms with Gasteiger partial charge in [-0.15, -0.1) is 5.10 Å². The lowest BCUT2D eigenvalue weighted by Crippen LogP contribution is -2.46. The van der Waals surface area contributed by atoms with Crippen LogP contribution in [0.5, 0.6) is 0 Å². The molecule has 1 heterocycles. The molecule has 0 fully saturated rings. The van der Waals surface area contributed by atoms with Crippen molar-refractivity contribution in [3.63, 3.8) is 0 Å². The number of hydrogen-bond acceptors (Lipinski definition) is 3. The van der Waals surface area contributed by atoms with E-state index in [0.717, 1.165) is 18.1 Å². The standard InChI is InChI=1S/C18H32N2OSi2/c1-18(2,3)23(7,8)21-17-16(22(4,5)6)14-20(19-17)15-12-10-9-11-13-15/h9-13,16H,14H2,1-8H3. The van der Waals surface area contributed by atoms with Crippen LogP contribution in [0, 0.1) is 0 Å². The van der Waals surface area contributed by atoms with Crippen molar-refractivity contribution in [2.75, 3.05) is 11.6 Å². The molecule has 0 saturated carbocycles. The van der Waals surface area contributed by atoms with Crippen LogP contribution in [0.15, 0.2) is 35.4 Å². The Labute approximate surface area is 143 Å². The van der Waals surface area contributed by atoms with Crippen LogP contribution in [0.25, 0.3) is 0 Å². The predicted octanol–water partition coefficient (Wildman–Crippen LogP) is 5.55. The fourth-order valence-electron chi connectivity index (χ4n) is 2.39. The van der Waals surface area contributed by atoms with Crippen LogP contribution in [0.2, 0.25) is 43.3 Å². The molecule has 5 heteroatoms. The SMILES string of the molecule is CC(C)(C)[Si](C)(C)OC1=NN(c2ccccc2)CC1[Si](C)(C)C. The minimum Gasteiger partial charge on any atom is -0.533 e. The molecule has 1 aliphatic rings. The maximum Gasteiger partial charge on any atom is 0.252 e. The Balaban J connectivity index is 2.32. The zero-order valence-corrected chi connectivity index (χ0v) is 18.0. The predicted molar refractivity (Wildman–Crippen MR) is 107 cm³/mol. The highest BCUT2D eigenvalue weighted by Crippen LogP contribution is 2.40. The average molecular weight is 349 g/mol. The summed E-state index contributed by atoms with van der Waals surface area (Å²) in [5.41, 5.74) is 1.61. The van der Waals surface area contributed by atoms with Gasteiger partial charge in [0.25, 0.3) is 8.32 Å². The second-order valence-corrected chi connectivity index (χ2v) is 19.3. The number of hydrogen-bond donors (Lipinski definition) is 0. The van der Waals surface area contributed by atoms with E-state index in [1.807, 2.05) is 6.07 Å². The summed E-state index contributed by atoms with van der Waals surface area (Å²) in [6.07, 6.45) is 0. The lowest BCUT2D eigenvalue weighted by atomic mass is 10.2. The molecule has 1 atom stereocenters. The molecule has 0 N–H and O–H groups in total. The summed E-state index contributed by atoms with van der Waals surface area (Å²) in [6, 6.07) is 10.4. The number of benzene rings is 1. The molecular formula is C18H32N2OSi2. The van der Waals surface area contributed by atoms with Gasteiger partial charge < -0.3 is 4.43 Å². The van der Waals surface area contributed by atoms with E-state index in [0.29, 0.717) is 5.54 Å². The first-order valence-corrected chi connectivity index (χ1v) is 15.0. The van der Waals surface area contributed by atoms with E-state index in [1.54, 1.807) is 0 Å². The largest absolute Gasteiger partial charge is 0.533 e. The van der Waals surface area contributed by atoms with Crippen LogP contribution < -0.4 is 5.01 Å². The van der Waals surface area contributed by atoms with Crippen molar-refractivity contribution in [2.45, 2.75) is 64.1 Å². The van der Waals surface area contributed by atoms with Crippen molar-refractivity contribution in [3.05, 3.63) is 30.3 Å². The molecule has 0 saturated heterocycles. The van der Waals surface area contributed by atoms with E-state index in [1.165, 1.54) is 0 Å². The quantitative estimate of drug-likeness (QED) is 0.669. The van der Waals surface area contributed by atoms with Crippen molar-refractivity contribution in [3.8, 4) is 0 Å². The first kappa shape index (κ1) is 18.3. The zero-order valence-electron chi connectivity index (χ0n) is 16.0. The summed E-state index contributed by atoms with van der Waals surface area (Å²) in [6.45, 7) is 19.7. The Bertz CT molecular complexity index is 571. The Morgan fingerprint density at radius 1 is 1.04 bits per heavy atom. The number of hydrazone groups is 1. The van der Waals surface area contributed by atoms with Crippen molar-refractivity contribution in [1.82, 2.24) is 0 Å². The van der Waals surface area contributed by atoms with Gasteiger partial charge in [-0.1, -0.05) is 58.6 Å². The van der Waals surface area contributed by atoms with Gasteiger partial charge in [-0.3, -0.25) is 5.01 Å². The van der Waals surface area contributed by atoms with Crippen LogP contribution >= 0.6 is 0 Å². The molecule has 0 bridgehead atoms. The summed E-state index contributed by atoms with van der Waals surface area (Å²) < 4.78 is 6.64. The van der Waals surface area contributed by atoms with E-state index < -0.39 is 16.4 Å². The Morgan fingerprint density at radius 3 is 2.09 bits per heavy atom. The molecule has 0 radical (unpaired) electrons. The minimum atomic E-state index is -1.86. The summed E-state index contributed by atoms with van der Waals surface area (Å²) in [7, 11) is -3.25. The smallest absolute Gasteiger partial charge is 0.252 e. The molecule has 0 spiro atoms. The average Bonchev–Trinajstić information content (AvgIpc) is 2.81. The highest BCUT2D eigenvalue weighted by molar-refractivity contribution is 6.82. The highest BCUT2D eigenvalue weighted by atomic mass is 28.4. The molecule has 1 aromatic carbocycles. The summed E-state index contributed by atoms with van der Waals surface area (Å²) in [5.74, 6) is 0.986. The van der Waals surface area contributed by atoms with E-state index in [2.05, 4.69) is 82.8 Å². The number of nitrogens with zero attached hydrogens (tertiary/aromatic N) is 2. The molecule has 0 amide bonds. The van der Waals surface area contributed by atoms with Crippen molar-refractivity contribution >= 4 is 28.0 Å². The lowest BCUT2D eigenvalue weighted by Gasteiger charge is -2.38. The molecule has 1 aliphatic heterocycles. The monoisotopic (exact) mass is 348 g/mol. The summed E-state index contributed by atoms with van der Waals surface area (Å²) in [4.78, 5) is 0. The van der Waals surface area contributed by atoms with Gasteiger partial charge in [0.2, 0.25) is 0 Å². The minimum absolute atomic E-state index is 0.194. The van der Waals surface area contributed by atoms with Crippen molar-refractivity contribution in [2.24, 2.45) is 5.10 Å². The number of rotatable bonds is 3. The molecule has 0 aromatic heterocycles. The van der Waals surface area contributed by atoms with Gasteiger partial charge in [0.15, 0.2) is 5.90 Å². The third-order valence-corrected chi connectivity index (χ3v) is 12.0. The highest BCUT2D eigenvalue weighted by Gasteiger charge is 2.45. The Morgan fingerprint density at radius 2 is 1.61 bits per heavy atom. The number of anilines is 1. The van der Waals surface area contributed by atoms with Crippen LogP contribution in [-0.2, 0) is 4.43 Å². The molecule has 128 valence electrons. The maximum absolute atomic E-state index is 6.64. The van der Waals surface area contributed by atoms with E-state index >= 15 is 0 Å². The van der Waals surface area contributed by atoms with Gasteiger partial charge in [0.05, 0.1) is 20.3 Å². The summed E-state index contributed by atoms with van der Waals surface area (Å²) in [5, 5.41) is 7.23. The molecule has 1 aromatic rings. The second kappa shape index (κ2) is 6.09. The van der Waals surface area contributed by atoms with Gasteiger partial charge in [0, 0.05) is 5.54 Å². The van der Waals surface area contributed by atoms with Gasteiger partial charge in [-0.25, -0.2) is 0 Å². The first-order valence-electron chi connectivity index (χ1n) is 8.52. The van der Waals surface area contributed by atoms with Crippen LogP contribution in [0.1, 0.15) is 20.8 Å². The topological polar surface area (TPSA) is 24.8 Å². The first-order chi connectivity index (χ1) is 10.4. The maximum atomic E-state index is 6.64. The molecule has 1 unspecified atom stereocenters.